The van der Waals surface area contributed by atoms with Crippen LogP contribution in [0.15, 0.2) is 23.0 Å². The Balaban J connectivity index is 1.20. The highest BCUT2D eigenvalue weighted by atomic mass is 16.4. The van der Waals surface area contributed by atoms with Gasteiger partial charge in [0.25, 0.3) is 0 Å². The summed E-state index contributed by atoms with van der Waals surface area (Å²) in [7, 11) is 1.66. The Morgan fingerprint density at radius 3 is 2.30 bits per heavy atom. The Hall–Kier alpha value is -4.07. The fourth-order valence-electron chi connectivity index (χ4n) is 6.98. The highest BCUT2D eigenvalue weighted by molar-refractivity contribution is 6.00. The van der Waals surface area contributed by atoms with Crippen molar-refractivity contribution in [3.05, 3.63) is 34.2 Å². The van der Waals surface area contributed by atoms with E-state index in [1.54, 1.807) is 13.1 Å². The van der Waals surface area contributed by atoms with Crippen molar-refractivity contribution in [2.75, 3.05) is 13.1 Å². The summed E-state index contributed by atoms with van der Waals surface area (Å²) < 4.78 is 2.96. The van der Waals surface area contributed by atoms with Crippen LogP contribution in [0.2, 0.25) is 0 Å². The van der Waals surface area contributed by atoms with Crippen molar-refractivity contribution in [1.82, 2.24) is 24.7 Å². The SMILES string of the molecule is Cn1c(=O)n(C2CCC(=O)NC2=O)c2ccc(C#CC3CCN(C(=O)C4CCC(NC(=O)O)(C(C)(C)C)CC4)CC3)cc21. The number of aromatic nitrogens is 2. The lowest BCUT2D eigenvalue weighted by atomic mass is 9.63. The van der Waals surface area contributed by atoms with Gasteiger partial charge in [0, 0.05) is 49.5 Å². The van der Waals surface area contributed by atoms with Crippen molar-refractivity contribution in [2.45, 2.75) is 83.7 Å². The number of hydrogen-bond donors (Lipinski definition) is 3. The molecule has 4 amide bonds. The largest absolute Gasteiger partial charge is 0.465 e. The van der Waals surface area contributed by atoms with Gasteiger partial charge in [-0.15, -0.1) is 0 Å². The molecule has 5 rings (SSSR count). The van der Waals surface area contributed by atoms with E-state index in [1.165, 1.54) is 9.13 Å². The number of carbonyl (C=O) groups is 4. The molecule has 0 radical (unpaired) electrons. The molecule has 11 nitrogen and oxygen atoms in total. The highest BCUT2D eigenvalue weighted by Gasteiger charge is 2.47. The van der Waals surface area contributed by atoms with Crippen molar-refractivity contribution in [1.29, 1.82) is 0 Å². The van der Waals surface area contributed by atoms with E-state index in [4.69, 9.17) is 0 Å². The van der Waals surface area contributed by atoms with E-state index in [1.807, 2.05) is 37.8 Å². The first-order chi connectivity index (χ1) is 20.3. The maximum atomic E-state index is 13.3. The van der Waals surface area contributed by atoms with Crippen molar-refractivity contribution in [3.63, 3.8) is 0 Å². The third-order valence-corrected chi connectivity index (χ3v) is 9.81. The maximum Gasteiger partial charge on any atom is 0.405 e. The topological polar surface area (TPSA) is 143 Å². The molecule has 230 valence electrons. The minimum Gasteiger partial charge on any atom is -0.465 e. The number of piperidine rings is 2. The predicted molar refractivity (Wildman–Crippen MR) is 160 cm³/mol. The first kappa shape index (κ1) is 30.4. The van der Waals surface area contributed by atoms with Gasteiger partial charge in [-0.25, -0.2) is 9.59 Å². The maximum absolute atomic E-state index is 13.3. The van der Waals surface area contributed by atoms with Crippen LogP contribution in [0.4, 0.5) is 4.79 Å². The molecule has 0 bridgehead atoms. The second-order valence-electron chi connectivity index (χ2n) is 13.3. The molecule has 3 aliphatic rings. The van der Waals surface area contributed by atoms with E-state index in [9.17, 15) is 29.1 Å². The summed E-state index contributed by atoms with van der Waals surface area (Å²) in [5.74, 6) is 6.04. The fraction of sp³-hybridized carbons (Fsp3) is 0.594. The van der Waals surface area contributed by atoms with E-state index >= 15 is 0 Å². The summed E-state index contributed by atoms with van der Waals surface area (Å²) in [5.41, 5.74) is 0.978. The van der Waals surface area contributed by atoms with Crippen molar-refractivity contribution >= 4 is 34.8 Å². The number of hydrogen-bond acceptors (Lipinski definition) is 5. The van der Waals surface area contributed by atoms with E-state index < -0.39 is 23.6 Å². The number of imidazole rings is 1. The number of nitrogens with zero attached hydrogens (tertiary/aromatic N) is 3. The standard InChI is InChI=1S/C32H41N5O6/c1-31(2,3)32(34-29(41)42)15-11-22(12-16-32)28(40)36-17-13-20(14-18-36)5-6-21-7-8-23-25(19-21)35(4)30(43)37(23)24-9-10-26(38)33-27(24)39/h7-8,19-20,22,24,34H,9-18H2,1-4H3,(H,41,42)(H,33,38,39). The zero-order valence-corrected chi connectivity index (χ0v) is 25.4. The first-order valence-electron chi connectivity index (χ1n) is 15.2. The van der Waals surface area contributed by atoms with Gasteiger partial charge in [0.1, 0.15) is 6.04 Å². The van der Waals surface area contributed by atoms with Gasteiger partial charge < -0.3 is 15.3 Å². The molecule has 1 aliphatic carbocycles. The van der Waals surface area contributed by atoms with E-state index in [-0.39, 0.29) is 47.6 Å². The van der Waals surface area contributed by atoms with Crippen LogP contribution in [0.25, 0.3) is 11.0 Å². The Kier molecular flexibility index (Phi) is 8.16. The monoisotopic (exact) mass is 591 g/mol. The average Bonchev–Trinajstić information content (AvgIpc) is 3.20. The number of benzene rings is 1. The van der Waals surface area contributed by atoms with Gasteiger partial charge in [-0.2, -0.15) is 0 Å². The molecule has 3 fully saturated rings. The van der Waals surface area contributed by atoms with Crippen LogP contribution < -0.4 is 16.3 Å². The van der Waals surface area contributed by atoms with Crippen molar-refractivity contribution in [2.24, 2.45) is 24.3 Å². The van der Waals surface area contributed by atoms with Gasteiger partial charge in [-0.3, -0.25) is 28.8 Å². The quantitative estimate of drug-likeness (QED) is 0.370. The molecule has 3 N–H and O–H groups in total. The van der Waals surface area contributed by atoms with Crippen LogP contribution >= 0.6 is 0 Å². The van der Waals surface area contributed by atoms with Gasteiger partial charge in [0.2, 0.25) is 17.7 Å². The van der Waals surface area contributed by atoms with Crippen molar-refractivity contribution < 1.29 is 24.3 Å². The summed E-state index contributed by atoms with van der Waals surface area (Å²) >= 11 is 0. The molecule has 1 saturated carbocycles. The van der Waals surface area contributed by atoms with Crippen LogP contribution in [0.1, 0.15) is 83.7 Å². The summed E-state index contributed by atoms with van der Waals surface area (Å²) in [4.78, 5) is 63.8. The summed E-state index contributed by atoms with van der Waals surface area (Å²) in [6.07, 6.45) is 3.66. The van der Waals surface area contributed by atoms with Gasteiger partial charge in [0.15, 0.2) is 0 Å². The molecule has 0 spiro atoms. The Morgan fingerprint density at radius 2 is 1.70 bits per heavy atom. The number of rotatable bonds is 3. The molecule has 2 aliphatic heterocycles. The number of fused-ring (bicyclic) bond motifs is 1. The molecule has 1 aromatic carbocycles. The number of carbonyl (C=O) groups excluding carboxylic acids is 3. The number of amides is 4. The lowest BCUT2D eigenvalue weighted by Gasteiger charge is -2.49. The Labute approximate surface area is 251 Å². The Morgan fingerprint density at radius 1 is 1.02 bits per heavy atom. The van der Waals surface area contributed by atoms with Crippen LogP contribution in [0, 0.1) is 29.1 Å². The van der Waals surface area contributed by atoms with E-state index in [2.05, 4.69) is 22.5 Å². The molecule has 1 unspecified atom stereocenters. The predicted octanol–water partition coefficient (Wildman–Crippen LogP) is 3.15. The first-order valence-corrected chi connectivity index (χ1v) is 15.2. The highest BCUT2D eigenvalue weighted by Crippen LogP contribution is 2.44. The van der Waals surface area contributed by atoms with Crippen LogP contribution in [-0.2, 0) is 21.4 Å². The third kappa shape index (κ3) is 5.92. The molecule has 3 heterocycles. The number of likely N-dealkylation sites (tertiary alicyclic amines) is 1. The number of imide groups is 1. The second kappa shape index (κ2) is 11.5. The van der Waals surface area contributed by atoms with Crippen molar-refractivity contribution in [3.8, 4) is 11.8 Å². The van der Waals surface area contributed by atoms with Gasteiger partial charge in [-0.05, 0) is 68.6 Å². The third-order valence-electron chi connectivity index (χ3n) is 9.81. The number of nitrogens with one attached hydrogen (secondary N) is 2. The molecule has 11 heteroatoms. The normalized spacial score (nSPS) is 25.2. The van der Waals surface area contributed by atoms with Gasteiger partial charge >= 0.3 is 11.8 Å². The number of carboxylic acid groups (broad SMARTS) is 1. The van der Waals surface area contributed by atoms with Crippen LogP contribution in [0.5, 0.6) is 0 Å². The summed E-state index contributed by atoms with van der Waals surface area (Å²) in [6.45, 7) is 7.44. The fourth-order valence-corrected chi connectivity index (χ4v) is 6.98. The van der Waals surface area contributed by atoms with Crippen LogP contribution in [-0.4, -0.2) is 61.6 Å². The molecule has 2 saturated heterocycles. The lowest BCUT2D eigenvalue weighted by Crippen LogP contribution is -2.59. The summed E-state index contributed by atoms with van der Waals surface area (Å²) in [6, 6.07) is 4.77. The zero-order valence-electron chi connectivity index (χ0n) is 25.4. The van der Waals surface area contributed by atoms with Gasteiger partial charge in [-0.1, -0.05) is 32.6 Å². The summed E-state index contributed by atoms with van der Waals surface area (Å²) in [5, 5.41) is 14.5. The van der Waals surface area contributed by atoms with E-state index in [0.717, 1.165) is 18.4 Å². The molecule has 1 atom stereocenters. The van der Waals surface area contributed by atoms with Crippen LogP contribution in [0.3, 0.4) is 0 Å². The van der Waals surface area contributed by atoms with E-state index in [0.29, 0.717) is 49.8 Å². The minimum absolute atomic E-state index is 0.0837. The molecule has 43 heavy (non-hydrogen) atoms. The minimum atomic E-state index is -1.02. The molecular formula is C32H41N5O6. The molecule has 2 aromatic rings. The number of aryl methyl sites for hydroxylation is 1. The molecular weight excluding hydrogens is 550 g/mol. The zero-order chi connectivity index (χ0) is 31.1. The lowest BCUT2D eigenvalue weighted by molar-refractivity contribution is -0.139. The Bertz CT molecular complexity index is 1570. The average molecular weight is 592 g/mol. The van der Waals surface area contributed by atoms with Gasteiger partial charge in [0.05, 0.1) is 11.0 Å². The second-order valence-corrected chi connectivity index (χ2v) is 13.3. The molecule has 1 aromatic heterocycles. The smallest absolute Gasteiger partial charge is 0.405 e.